The molecular formula is C19H23N5O6. The van der Waals surface area contributed by atoms with Gasteiger partial charge in [0, 0.05) is 13.2 Å². The number of nitrogens with one attached hydrogen (secondary N) is 2. The molecule has 30 heavy (non-hydrogen) atoms. The lowest BCUT2D eigenvalue weighted by Crippen LogP contribution is -2.42. The van der Waals surface area contributed by atoms with Gasteiger partial charge >= 0.3 is 5.97 Å². The number of nitrogen functional groups attached to an aromatic ring is 1. The summed E-state index contributed by atoms with van der Waals surface area (Å²) in [6, 6.07) is 3.15. The van der Waals surface area contributed by atoms with Gasteiger partial charge in [0.2, 0.25) is 11.7 Å². The highest BCUT2D eigenvalue weighted by atomic mass is 16.5. The molecule has 1 atom stereocenters. The maximum absolute atomic E-state index is 13.3. The molecule has 1 aromatic heterocycles. The second-order valence-corrected chi connectivity index (χ2v) is 6.38. The summed E-state index contributed by atoms with van der Waals surface area (Å²) in [5.41, 5.74) is 6.74. The van der Waals surface area contributed by atoms with Gasteiger partial charge in [-0.25, -0.2) is 0 Å². The van der Waals surface area contributed by atoms with Gasteiger partial charge in [-0.1, -0.05) is 0 Å². The van der Waals surface area contributed by atoms with E-state index < -0.39 is 16.9 Å². The maximum atomic E-state index is 13.3. The Morgan fingerprint density at radius 2 is 1.77 bits per heavy atom. The van der Waals surface area contributed by atoms with E-state index in [9.17, 15) is 9.59 Å². The van der Waals surface area contributed by atoms with Crippen molar-refractivity contribution in [3.8, 4) is 17.2 Å². The molecule has 2 heterocycles. The summed E-state index contributed by atoms with van der Waals surface area (Å²) in [6.45, 7) is 0. The van der Waals surface area contributed by atoms with E-state index in [0.29, 0.717) is 22.8 Å². The summed E-state index contributed by atoms with van der Waals surface area (Å²) in [5, 5.41) is 1.47. The first-order valence-corrected chi connectivity index (χ1v) is 8.80. The van der Waals surface area contributed by atoms with Crippen LogP contribution in [0.3, 0.4) is 0 Å². The number of esters is 1. The minimum atomic E-state index is -1.69. The number of nitrogens with two attached hydrogens (primary N) is 1. The van der Waals surface area contributed by atoms with Gasteiger partial charge < -0.3 is 30.1 Å². The summed E-state index contributed by atoms with van der Waals surface area (Å²) in [4.78, 5) is 33.0. The quantitative estimate of drug-likeness (QED) is 0.582. The fourth-order valence-electron chi connectivity index (χ4n) is 3.49. The van der Waals surface area contributed by atoms with Crippen molar-refractivity contribution in [3.05, 3.63) is 45.9 Å². The van der Waals surface area contributed by atoms with E-state index >= 15 is 0 Å². The predicted octanol–water partition coefficient (Wildman–Crippen LogP) is 0.305. The maximum Gasteiger partial charge on any atom is 0.325 e. The average Bonchev–Trinajstić information content (AvgIpc) is 2.89. The van der Waals surface area contributed by atoms with Crippen LogP contribution in [0.5, 0.6) is 17.2 Å². The summed E-state index contributed by atoms with van der Waals surface area (Å²) in [5.74, 6) is 0.272. The lowest BCUT2D eigenvalue weighted by Gasteiger charge is -2.30. The Bertz CT molecular complexity index is 1040. The van der Waals surface area contributed by atoms with Crippen LogP contribution in [0.2, 0.25) is 0 Å². The molecule has 0 spiro atoms. The number of hydrogen-bond donors (Lipinski definition) is 3. The molecular weight excluding hydrogens is 394 g/mol. The number of benzene rings is 1. The molecule has 0 bridgehead atoms. The molecule has 3 rings (SSSR count). The van der Waals surface area contributed by atoms with Crippen molar-refractivity contribution < 1.29 is 23.7 Å². The second-order valence-electron chi connectivity index (χ2n) is 6.38. The number of ether oxygens (including phenoxy) is 4. The minimum Gasteiger partial charge on any atom is -0.493 e. The molecule has 160 valence electrons. The van der Waals surface area contributed by atoms with Gasteiger partial charge in [-0.2, -0.15) is 4.98 Å². The first-order valence-electron chi connectivity index (χ1n) is 8.80. The Balaban J connectivity index is 2.49. The predicted molar refractivity (Wildman–Crippen MR) is 109 cm³/mol. The zero-order valence-electron chi connectivity index (χ0n) is 17.2. The molecule has 4 N–H and O–H groups in total. The highest BCUT2D eigenvalue weighted by Crippen LogP contribution is 2.45. The number of anilines is 2. The monoisotopic (exact) mass is 417 g/mol. The number of nitrogens with zero attached hydrogens (tertiary/aromatic N) is 2. The van der Waals surface area contributed by atoms with Crippen molar-refractivity contribution in [2.24, 2.45) is 0 Å². The summed E-state index contributed by atoms with van der Waals surface area (Å²) in [6.07, 6.45) is 3.02. The van der Waals surface area contributed by atoms with E-state index in [4.69, 9.17) is 24.7 Å². The Kier molecular flexibility index (Phi) is 5.45. The number of carbonyl (C=O) groups is 1. The molecule has 1 aliphatic rings. The topological polar surface area (TPSA) is 141 Å². The number of hydrogen-bond acceptors (Lipinski definition) is 10. The summed E-state index contributed by atoms with van der Waals surface area (Å²) in [7, 11) is 7.24. The van der Waals surface area contributed by atoms with Crippen molar-refractivity contribution in [2.75, 3.05) is 46.2 Å². The normalized spacial score (nSPS) is 17.4. The molecule has 0 saturated heterocycles. The minimum absolute atomic E-state index is 0.0153. The highest BCUT2D eigenvalue weighted by molar-refractivity contribution is 5.93. The van der Waals surface area contributed by atoms with Crippen LogP contribution in [-0.2, 0) is 14.9 Å². The molecule has 1 aromatic carbocycles. The third-order valence-electron chi connectivity index (χ3n) is 4.86. The molecule has 0 radical (unpaired) electrons. The third-order valence-corrected chi connectivity index (χ3v) is 4.86. The molecule has 2 aromatic rings. The Labute approximate surface area is 172 Å². The second kappa shape index (κ2) is 7.85. The number of aromatic amines is 1. The molecule has 0 fully saturated rings. The molecule has 1 aliphatic heterocycles. The van der Waals surface area contributed by atoms with Crippen molar-refractivity contribution in [2.45, 2.75) is 5.41 Å². The van der Waals surface area contributed by atoms with Crippen LogP contribution in [0.25, 0.3) is 0 Å². The van der Waals surface area contributed by atoms with Gasteiger partial charge in [0.05, 0.1) is 34.0 Å². The van der Waals surface area contributed by atoms with Gasteiger partial charge in [-0.05, 0) is 23.8 Å². The molecule has 1 unspecified atom stereocenters. The molecule has 11 heteroatoms. The van der Waals surface area contributed by atoms with Crippen LogP contribution in [0.1, 0.15) is 11.1 Å². The zero-order chi connectivity index (χ0) is 22.1. The van der Waals surface area contributed by atoms with Crippen LogP contribution in [0, 0.1) is 0 Å². The van der Waals surface area contributed by atoms with Gasteiger partial charge in [-0.15, -0.1) is 0 Å². The van der Waals surface area contributed by atoms with E-state index in [1.165, 1.54) is 45.7 Å². The molecule has 0 amide bonds. The van der Waals surface area contributed by atoms with Gasteiger partial charge in [0.15, 0.2) is 17.3 Å². The van der Waals surface area contributed by atoms with Crippen LogP contribution >= 0.6 is 0 Å². The Hall–Kier alpha value is -3.89. The Morgan fingerprint density at radius 3 is 2.30 bits per heavy atom. The Morgan fingerprint density at radius 1 is 1.13 bits per heavy atom. The number of carbonyl (C=O) groups excluding carboxylic acids is 1. The number of fused-ring (bicyclic) bond motifs is 1. The fraction of sp³-hybridized carbons (Fsp3) is 0.316. The van der Waals surface area contributed by atoms with Crippen molar-refractivity contribution in [1.29, 1.82) is 0 Å². The first kappa shape index (κ1) is 20.8. The molecule has 0 aliphatic carbocycles. The SMILES string of the molecule is COC(=O)C1(c2cc(OC)c(OC)c(OC)c2)C=CNN(C)c2nc(N)[nH]c(=O)c21. The van der Waals surface area contributed by atoms with Crippen LogP contribution in [0.4, 0.5) is 11.8 Å². The van der Waals surface area contributed by atoms with Gasteiger partial charge in [0.25, 0.3) is 5.56 Å². The smallest absolute Gasteiger partial charge is 0.325 e. The summed E-state index contributed by atoms with van der Waals surface area (Å²) < 4.78 is 21.4. The molecule has 11 nitrogen and oxygen atoms in total. The number of rotatable bonds is 5. The van der Waals surface area contributed by atoms with E-state index in [1.54, 1.807) is 19.2 Å². The number of H-pyrrole nitrogens is 1. The third kappa shape index (κ3) is 3.04. The number of methoxy groups -OCH3 is 4. The molecule has 0 saturated carbocycles. The fourth-order valence-corrected chi connectivity index (χ4v) is 3.49. The largest absolute Gasteiger partial charge is 0.493 e. The summed E-state index contributed by atoms with van der Waals surface area (Å²) >= 11 is 0. The lowest BCUT2D eigenvalue weighted by molar-refractivity contribution is -0.144. The van der Waals surface area contributed by atoms with Gasteiger partial charge in [0.1, 0.15) is 5.41 Å². The van der Waals surface area contributed by atoms with E-state index in [0.717, 1.165) is 0 Å². The van der Waals surface area contributed by atoms with Crippen LogP contribution in [-0.4, -0.2) is 51.4 Å². The van der Waals surface area contributed by atoms with Crippen LogP contribution in [0.15, 0.2) is 29.2 Å². The van der Waals surface area contributed by atoms with E-state index in [-0.39, 0.29) is 17.3 Å². The van der Waals surface area contributed by atoms with Crippen molar-refractivity contribution in [3.63, 3.8) is 0 Å². The van der Waals surface area contributed by atoms with Gasteiger partial charge in [-0.3, -0.25) is 19.6 Å². The highest BCUT2D eigenvalue weighted by Gasteiger charge is 2.48. The number of aromatic nitrogens is 2. The first-order chi connectivity index (χ1) is 14.3. The van der Waals surface area contributed by atoms with Crippen LogP contribution < -0.4 is 35.9 Å². The van der Waals surface area contributed by atoms with E-state index in [1.807, 2.05) is 0 Å². The van der Waals surface area contributed by atoms with E-state index in [2.05, 4.69) is 15.4 Å². The number of hydrazine groups is 1. The lowest BCUT2D eigenvalue weighted by atomic mass is 9.74. The zero-order valence-corrected chi connectivity index (χ0v) is 17.2. The standard InChI is InChI=1S/C19H23N5O6/c1-24-15-13(16(25)23-18(20)22-15)19(6-7-21-24,17(26)30-5)10-8-11(27-2)14(29-4)12(9-10)28-3/h6-9,21H,1-5H3,(H3,20,22,23,25). The van der Waals surface area contributed by atoms with Crippen molar-refractivity contribution >= 4 is 17.7 Å². The average molecular weight is 417 g/mol. The van der Waals surface area contributed by atoms with Crippen molar-refractivity contribution in [1.82, 2.24) is 15.4 Å².